The summed E-state index contributed by atoms with van der Waals surface area (Å²) in [6, 6.07) is 3.37. The molecule has 0 fully saturated rings. The van der Waals surface area contributed by atoms with E-state index in [0.717, 1.165) is 5.56 Å². The molecular weight excluding hydrogens is 236 g/mol. The molecule has 1 aromatic carbocycles. The number of amidine groups is 1. The fourth-order valence-electron chi connectivity index (χ4n) is 1.20. The smallest absolute Gasteiger partial charge is 0.0995 e. The SMILES string of the molecule is CC(C)(C)C(N)=NCc1cc(N)c(Cl)cc1N. The van der Waals surface area contributed by atoms with Crippen molar-refractivity contribution in [1.29, 1.82) is 0 Å². The molecule has 17 heavy (non-hydrogen) atoms. The van der Waals surface area contributed by atoms with Crippen LogP contribution in [0.1, 0.15) is 26.3 Å². The average Bonchev–Trinajstić information content (AvgIpc) is 2.19. The van der Waals surface area contributed by atoms with Crippen LogP contribution in [0.4, 0.5) is 11.4 Å². The molecule has 6 N–H and O–H groups in total. The molecule has 0 saturated heterocycles. The topological polar surface area (TPSA) is 90.4 Å². The fourth-order valence-corrected chi connectivity index (χ4v) is 1.37. The molecule has 5 heteroatoms. The first kappa shape index (κ1) is 13.6. The number of nitrogens with zero attached hydrogens (tertiary/aromatic N) is 1. The van der Waals surface area contributed by atoms with Crippen molar-refractivity contribution in [2.24, 2.45) is 16.1 Å². The molecule has 0 aliphatic heterocycles. The molecule has 4 nitrogen and oxygen atoms in total. The summed E-state index contributed by atoms with van der Waals surface area (Å²) >= 11 is 5.86. The number of nitrogens with two attached hydrogens (primary N) is 3. The number of hydrogen-bond donors (Lipinski definition) is 3. The number of anilines is 2. The van der Waals surface area contributed by atoms with Crippen LogP contribution < -0.4 is 17.2 Å². The molecule has 94 valence electrons. The van der Waals surface area contributed by atoms with Crippen molar-refractivity contribution < 1.29 is 0 Å². The van der Waals surface area contributed by atoms with Crippen LogP contribution in [0.5, 0.6) is 0 Å². The lowest BCUT2D eigenvalue weighted by Gasteiger charge is -2.17. The highest BCUT2D eigenvalue weighted by Gasteiger charge is 2.15. The molecule has 1 rings (SSSR count). The first-order valence-corrected chi connectivity index (χ1v) is 5.73. The van der Waals surface area contributed by atoms with E-state index in [0.29, 0.717) is 28.8 Å². The minimum absolute atomic E-state index is 0.146. The molecule has 0 aliphatic carbocycles. The predicted octanol–water partition coefficient (Wildman–Crippen LogP) is 2.41. The van der Waals surface area contributed by atoms with Gasteiger partial charge in [0, 0.05) is 11.1 Å². The molecule has 0 spiro atoms. The summed E-state index contributed by atoms with van der Waals surface area (Å²) < 4.78 is 0. The summed E-state index contributed by atoms with van der Waals surface area (Å²) in [7, 11) is 0. The minimum atomic E-state index is -0.146. The Bertz CT molecular complexity index is 447. The standard InChI is InChI=1S/C12H19ClN4/c1-12(2,3)11(16)17-6-7-4-10(15)8(13)5-9(7)14/h4-5H,6,14-15H2,1-3H3,(H2,16,17). The Morgan fingerprint density at radius 1 is 1.24 bits per heavy atom. The lowest BCUT2D eigenvalue weighted by Crippen LogP contribution is -2.29. The van der Waals surface area contributed by atoms with Gasteiger partial charge in [0.15, 0.2) is 0 Å². The third-order valence-electron chi connectivity index (χ3n) is 2.45. The quantitative estimate of drug-likeness (QED) is 0.430. The van der Waals surface area contributed by atoms with Gasteiger partial charge in [0.2, 0.25) is 0 Å². The molecule has 0 atom stereocenters. The third-order valence-corrected chi connectivity index (χ3v) is 2.77. The van der Waals surface area contributed by atoms with Crippen LogP contribution in [-0.2, 0) is 6.54 Å². The molecule has 0 aliphatic rings. The van der Waals surface area contributed by atoms with Gasteiger partial charge in [0.05, 0.1) is 23.1 Å². The van der Waals surface area contributed by atoms with Crippen LogP contribution in [0.15, 0.2) is 17.1 Å². The van der Waals surface area contributed by atoms with Gasteiger partial charge in [0.25, 0.3) is 0 Å². The van der Waals surface area contributed by atoms with Gasteiger partial charge in [-0.05, 0) is 17.7 Å². The Morgan fingerprint density at radius 2 is 1.82 bits per heavy atom. The van der Waals surface area contributed by atoms with Crippen molar-refractivity contribution in [3.8, 4) is 0 Å². The number of nitrogen functional groups attached to an aromatic ring is 2. The van der Waals surface area contributed by atoms with Gasteiger partial charge in [-0.2, -0.15) is 0 Å². The van der Waals surface area contributed by atoms with E-state index in [1.54, 1.807) is 12.1 Å². The second-order valence-electron chi connectivity index (χ2n) is 5.02. The van der Waals surface area contributed by atoms with Crippen molar-refractivity contribution in [3.63, 3.8) is 0 Å². The van der Waals surface area contributed by atoms with Gasteiger partial charge < -0.3 is 17.2 Å². The highest BCUT2D eigenvalue weighted by molar-refractivity contribution is 6.33. The third kappa shape index (κ3) is 3.53. The van der Waals surface area contributed by atoms with Crippen LogP contribution in [0.25, 0.3) is 0 Å². The lowest BCUT2D eigenvalue weighted by atomic mass is 9.95. The van der Waals surface area contributed by atoms with Crippen molar-refractivity contribution in [1.82, 2.24) is 0 Å². The molecule has 0 aromatic heterocycles. The first-order chi connectivity index (χ1) is 7.71. The van der Waals surface area contributed by atoms with E-state index in [1.807, 2.05) is 20.8 Å². The molecule has 0 saturated carbocycles. The summed E-state index contributed by atoms with van der Waals surface area (Å²) in [6.45, 7) is 6.43. The molecule has 0 amide bonds. The second-order valence-corrected chi connectivity index (χ2v) is 5.43. The van der Waals surface area contributed by atoms with Gasteiger partial charge in [-0.15, -0.1) is 0 Å². The van der Waals surface area contributed by atoms with E-state index in [1.165, 1.54) is 0 Å². The van der Waals surface area contributed by atoms with Gasteiger partial charge in [-0.25, -0.2) is 0 Å². The summed E-state index contributed by atoms with van der Waals surface area (Å²) in [5.74, 6) is 0.588. The van der Waals surface area contributed by atoms with Gasteiger partial charge >= 0.3 is 0 Å². The number of rotatable bonds is 2. The molecule has 0 unspecified atom stereocenters. The Labute approximate surface area is 107 Å². The zero-order valence-electron chi connectivity index (χ0n) is 10.4. The Hall–Kier alpha value is -1.42. The fraction of sp³-hybridized carbons (Fsp3) is 0.417. The van der Waals surface area contributed by atoms with Crippen LogP contribution in [-0.4, -0.2) is 5.84 Å². The van der Waals surface area contributed by atoms with Crippen LogP contribution in [0.3, 0.4) is 0 Å². The lowest BCUT2D eigenvalue weighted by molar-refractivity contribution is 0.581. The normalized spacial score (nSPS) is 12.8. The van der Waals surface area contributed by atoms with Crippen molar-refractivity contribution >= 4 is 28.8 Å². The highest BCUT2D eigenvalue weighted by atomic mass is 35.5. The van der Waals surface area contributed by atoms with E-state index in [4.69, 9.17) is 28.8 Å². The Morgan fingerprint density at radius 3 is 2.35 bits per heavy atom. The van der Waals surface area contributed by atoms with E-state index in [2.05, 4.69) is 4.99 Å². The molecule has 0 heterocycles. The van der Waals surface area contributed by atoms with Crippen LogP contribution >= 0.6 is 11.6 Å². The highest BCUT2D eigenvalue weighted by Crippen LogP contribution is 2.26. The van der Waals surface area contributed by atoms with Crippen LogP contribution in [0.2, 0.25) is 5.02 Å². The Kier molecular flexibility index (Phi) is 3.88. The van der Waals surface area contributed by atoms with Crippen LogP contribution in [0, 0.1) is 5.41 Å². The number of benzene rings is 1. The predicted molar refractivity (Wildman–Crippen MR) is 75.1 cm³/mol. The molecule has 1 aromatic rings. The summed E-state index contributed by atoms with van der Waals surface area (Å²) in [5.41, 5.74) is 19.2. The van der Waals surface area contributed by atoms with Gasteiger partial charge in [-0.1, -0.05) is 32.4 Å². The Balaban J connectivity index is 2.94. The van der Waals surface area contributed by atoms with E-state index >= 15 is 0 Å². The molecule has 0 bridgehead atoms. The van der Waals surface area contributed by atoms with Gasteiger partial charge in [-0.3, -0.25) is 4.99 Å². The van der Waals surface area contributed by atoms with Crippen molar-refractivity contribution in [3.05, 3.63) is 22.7 Å². The summed E-state index contributed by atoms with van der Waals surface area (Å²) in [6.07, 6.45) is 0. The molecule has 0 radical (unpaired) electrons. The number of hydrogen-bond acceptors (Lipinski definition) is 3. The van der Waals surface area contributed by atoms with E-state index in [9.17, 15) is 0 Å². The van der Waals surface area contributed by atoms with Crippen molar-refractivity contribution in [2.75, 3.05) is 11.5 Å². The van der Waals surface area contributed by atoms with Crippen molar-refractivity contribution in [2.45, 2.75) is 27.3 Å². The number of halogens is 1. The zero-order valence-corrected chi connectivity index (χ0v) is 11.2. The summed E-state index contributed by atoms with van der Waals surface area (Å²) in [5, 5.41) is 0.457. The monoisotopic (exact) mass is 254 g/mol. The maximum atomic E-state index is 5.87. The second kappa shape index (κ2) is 4.84. The number of aliphatic imine (C=N–C) groups is 1. The maximum absolute atomic E-state index is 5.87. The molecular formula is C12H19ClN4. The zero-order chi connectivity index (χ0) is 13.2. The average molecular weight is 255 g/mol. The van der Waals surface area contributed by atoms with Gasteiger partial charge in [0.1, 0.15) is 0 Å². The first-order valence-electron chi connectivity index (χ1n) is 5.35. The maximum Gasteiger partial charge on any atom is 0.0995 e. The summed E-state index contributed by atoms with van der Waals surface area (Å²) in [4.78, 5) is 4.31. The minimum Gasteiger partial charge on any atom is -0.398 e. The van der Waals surface area contributed by atoms with E-state index < -0.39 is 0 Å². The largest absolute Gasteiger partial charge is 0.398 e. The van der Waals surface area contributed by atoms with E-state index in [-0.39, 0.29) is 5.41 Å².